The molecule has 13 heavy (non-hydrogen) atoms. The van der Waals surface area contributed by atoms with Crippen LogP contribution < -0.4 is 0 Å². The highest BCUT2D eigenvalue weighted by Crippen LogP contribution is 2.25. The number of aromatic nitrogens is 4. The third-order valence-corrected chi connectivity index (χ3v) is 2.40. The maximum Gasteiger partial charge on any atom is 0.497 e. The highest BCUT2D eigenvalue weighted by Gasteiger charge is 2.46. The van der Waals surface area contributed by atoms with Crippen LogP contribution in [0.15, 0.2) is 0 Å². The molecule has 0 aliphatic heterocycles. The highest BCUT2D eigenvalue weighted by molar-refractivity contribution is 7.91. The molecule has 0 atom stereocenters. The fraction of sp³-hybridized carbons (Fsp3) is 0.667. The van der Waals surface area contributed by atoms with Crippen LogP contribution in [0.5, 0.6) is 0 Å². The lowest BCUT2D eigenvalue weighted by Gasteiger charge is -2.04. The largest absolute Gasteiger partial charge is 0.497 e. The molecule has 0 saturated carbocycles. The van der Waals surface area contributed by atoms with Crippen molar-refractivity contribution in [2.75, 3.05) is 0 Å². The van der Waals surface area contributed by atoms with Gasteiger partial charge in [0.25, 0.3) is 9.84 Å². The third-order valence-electron chi connectivity index (χ3n) is 1.06. The molecule has 0 aromatic carbocycles. The van der Waals surface area contributed by atoms with E-state index in [-0.39, 0.29) is 0 Å². The molecular formula is C3H3F3N4O2S. The van der Waals surface area contributed by atoms with Gasteiger partial charge in [-0.15, -0.1) is 10.2 Å². The third kappa shape index (κ3) is 2.14. The van der Waals surface area contributed by atoms with Crippen molar-refractivity contribution in [3.8, 4) is 0 Å². The SMILES string of the molecule is O=S(=O)(Cc1nn[nH]n1)C(F)(F)F. The van der Waals surface area contributed by atoms with Crippen molar-refractivity contribution in [3.05, 3.63) is 5.82 Å². The zero-order chi connectivity index (χ0) is 10.1. The molecule has 0 saturated heterocycles. The Bertz CT molecular complexity index is 368. The summed E-state index contributed by atoms with van der Waals surface area (Å²) in [6, 6.07) is 0. The van der Waals surface area contributed by atoms with E-state index in [2.05, 4.69) is 15.4 Å². The number of aromatic amines is 1. The number of hydrogen-bond acceptors (Lipinski definition) is 5. The Labute approximate surface area is 70.1 Å². The van der Waals surface area contributed by atoms with Gasteiger partial charge in [-0.05, 0) is 0 Å². The summed E-state index contributed by atoms with van der Waals surface area (Å²) in [7, 11) is -5.21. The van der Waals surface area contributed by atoms with E-state index in [9.17, 15) is 21.6 Å². The first kappa shape index (κ1) is 9.89. The maximum atomic E-state index is 11.8. The van der Waals surface area contributed by atoms with E-state index in [1.54, 1.807) is 0 Å². The van der Waals surface area contributed by atoms with Crippen LogP contribution >= 0.6 is 0 Å². The number of halogens is 3. The van der Waals surface area contributed by atoms with Crippen LogP contribution in [0.2, 0.25) is 0 Å². The van der Waals surface area contributed by atoms with E-state index < -0.39 is 26.9 Å². The molecule has 1 heterocycles. The lowest BCUT2D eigenvalue weighted by molar-refractivity contribution is -0.0438. The van der Waals surface area contributed by atoms with Crippen LogP contribution in [0.1, 0.15) is 5.82 Å². The Balaban J connectivity index is 2.87. The summed E-state index contributed by atoms with van der Waals surface area (Å²) in [5.74, 6) is -1.81. The normalized spacial score (nSPS) is 13.2. The molecule has 1 N–H and O–H groups in total. The van der Waals surface area contributed by atoms with Gasteiger partial charge in [0.15, 0.2) is 5.82 Å². The summed E-state index contributed by atoms with van der Waals surface area (Å²) in [5.41, 5.74) is -5.28. The van der Waals surface area contributed by atoms with Gasteiger partial charge in [-0.25, -0.2) is 8.42 Å². The molecule has 0 aliphatic carbocycles. The summed E-state index contributed by atoms with van der Waals surface area (Å²) in [5, 5.41) is 10.9. The summed E-state index contributed by atoms with van der Waals surface area (Å²) in [6.07, 6.45) is 0. The van der Waals surface area contributed by atoms with Crippen molar-refractivity contribution in [2.24, 2.45) is 0 Å². The Hall–Kier alpha value is -1.19. The minimum Gasteiger partial charge on any atom is -0.219 e. The first-order valence-corrected chi connectivity index (χ1v) is 4.49. The Kier molecular flexibility index (Phi) is 2.24. The minimum absolute atomic E-state index is 0.516. The van der Waals surface area contributed by atoms with Gasteiger partial charge in [0.1, 0.15) is 5.75 Å². The molecule has 74 valence electrons. The number of sulfone groups is 1. The maximum absolute atomic E-state index is 11.8. The number of nitrogens with one attached hydrogen (secondary N) is 1. The van der Waals surface area contributed by atoms with E-state index in [0.29, 0.717) is 0 Å². The molecule has 0 bridgehead atoms. The fourth-order valence-corrected chi connectivity index (χ4v) is 1.12. The quantitative estimate of drug-likeness (QED) is 0.728. The van der Waals surface area contributed by atoms with Gasteiger partial charge in [0.2, 0.25) is 0 Å². The van der Waals surface area contributed by atoms with Crippen molar-refractivity contribution in [1.82, 2.24) is 20.6 Å². The molecule has 0 amide bonds. The van der Waals surface area contributed by atoms with Crippen molar-refractivity contribution in [3.63, 3.8) is 0 Å². The van der Waals surface area contributed by atoms with Crippen LogP contribution in [0, 0.1) is 0 Å². The van der Waals surface area contributed by atoms with Gasteiger partial charge in [-0.2, -0.15) is 18.4 Å². The summed E-state index contributed by atoms with van der Waals surface area (Å²) in [6.45, 7) is 0. The molecule has 1 aromatic rings. The molecular weight excluding hydrogens is 213 g/mol. The van der Waals surface area contributed by atoms with Crippen molar-refractivity contribution in [2.45, 2.75) is 11.3 Å². The van der Waals surface area contributed by atoms with Crippen LogP contribution in [-0.4, -0.2) is 34.6 Å². The molecule has 1 rings (SSSR count). The van der Waals surface area contributed by atoms with Gasteiger partial charge in [-0.1, -0.05) is 5.21 Å². The zero-order valence-electron chi connectivity index (χ0n) is 5.91. The molecule has 1 aromatic heterocycles. The number of tetrazole rings is 1. The summed E-state index contributed by atoms with van der Waals surface area (Å²) in [4.78, 5) is 0. The molecule has 0 radical (unpaired) electrons. The van der Waals surface area contributed by atoms with Crippen LogP contribution in [-0.2, 0) is 15.6 Å². The van der Waals surface area contributed by atoms with E-state index >= 15 is 0 Å². The second kappa shape index (κ2) is 2.94. The first-order chi connectivity index (χ1) is 5.83. The monoisotopic (exact) mass is 216 g/mol. The van der Waals surface area contributed by atoms with E-state index in [4.69, 9.17) is 0 Å². The van der Waals surface area contributed by atoms with Gasteiger partial charge in [-0.3, -0.25) is 0 Å². The zero-order valence-corrected chi connectivity index (χ0v) is 6.72. The lowest BCUT2D eigenvalue weighted by Crippen LogP contribution is -2.25. The standard InChI is InChI=1S/C3H3F3N4O2S/c4-3(5,6)13(11,12)1-2-7-9-10-8-2/h1H2,(H,7,8,9,10). The number of nitrogens with zero attached hydrogens (tertiary/aromatic N) is 3. The van der Waals surface area contributed by atoms with E-state index in [1.165, 1.54) is 0 Å². The molecule has 0 fully saturated rings. The number of H-pyrrole nitrogens is 1. The summed E-state index contributed by atoms with van der Waals surface area (Å²) >= 11 is 0. The topological polar surface area (TPSA) is 88.6 Å². The molecule has 10 heteroatoms. The Morgan fingerprint density at radius 2 is 2.00 bits per heavy atom. The van der Waals surface area contributed by atoms with Crippen molar-refractivity contribution in [1.29, 1.82) is 0 Å². The molecule has 6 nitrogen and oxygen atoms in total. The van der Waals surface area contributed by atoms with Crippen LogP contribution in [0.3, 0.4) is 0 Å². The van der Waals surface area contributed by atoms with Gasteiger partial charge >= 0.3 is 5.51 Å². The predicted octanol–water partition coefficient (Wildman–Crippen LogP) is -0.366. The number of hydrogen-bond donors (Lipinski definition) is 1. The van der Waals surface area contributed by atoms with Crippen molar-refractivity contribution >= 4 is 9.84 Å². The second-order valence-electron chi connectivity index (χ2n) is 2.03. The molecule has 0 unspecified atom stereocenters. The smallest absolute Gasteiger partial charge is 0.219 e. The van der Waals surface area contributed by atoms with Gasteiger partial charge in [0, 0.05) is 0 Å². The summed E-state index contributed by atoms with van der Waals surface area (Å²) < 4.78 is 56.2. The second-order valence-corrected chi connectivity index (χ2v) is 4.01. The predicted molar refractivity (Wildman–Crippen MR) is 32.9 cm³/mol. The average molecular weight is 216 g/mol. The van der Waals surface area contributed by atoms with Gasteiger partial charge < -0.3 is 0 Å². The Morgan fingerprint density at radius 1 is 1.38 bits per heavy atom. The lowest BCUT2D eigenvalue weighted by atomic mass is 10.8. The van der Waals surface area contributed by atoms with Crippen LogP contribution in [0.4, 0.5) is 13.2 Å². The van der Waals surface area contributed by atoms with E-state index in [0.717, 1.165) is 0 Å². The number of rotatable bonds is 2. The first-order valence-electron chi connectivity index (χ1n) is 2.84. The van der Waals surface area contributed by atoms with Crippen LogP contribution in [0.25, 0.3) is 0 Å². The average Bonchev–Trinajstić information content (AvgIpc) is 2.35. The minimum atomic E-state index is -5.28. The molecule has 0 spiro atoms. The van der Waals surface area contributed by atoms with Gasteiger partial charge in [0.05, 0.1) is 0 Å². The van der Waals surface area contributed by atoms with Crippen molar-refractivity contribution < 1.29 is 21.6 Å². The molecule has 0 aliphatic rings. The highest BCUT2D eigenvalue weighted by atomic mass is 32.2. The fourth-order valence-electron chi connectivity index (χ4n) is 0.495. The number of alkyl halides is 3. The van der Waals surface area contributed by atoms with E-state index in [1.807, 2.05) is 5.21 Å². The Morgan fingerprint density at radius 3 is 2.38 bits per heavy atom.